The lowest BCUT2D eigenvalue weighted by Crippen LogP contribution is -2.16. The number of ketones is 1. The van der Waals surface area contributed by atoms with Gasteiger partial charge in [-0.2, -0.15) is 13.2 Å². The Morgan fingerprint density at radius 2 is 1.79 bits per heavy atom. The van der Waals surface area contributed by atoms with Crippen molar-refractivity contribution in [3.63, 3.8) is 0 Å². The average Bonchev–Trinajstić information content (AvgIpc) is 2.35. The van der Waals surface area contributed by atoms with Gasteiger partial charge in [-0.15, -0.1) is 0 Å². The van der Waals surface area contributed by atoms with Crippen molar-refractivity contribution >= 4 is 11.8 Å². The summed E-state index contributed by atoms with van der Waals surface area (Å²) in [5.41, 5.74) is -1.44. The molecule has 0 aliphatic heterocycles. The first-order valence-electron chi connectivity index (χ1n) is 5.55. The minimum atomic E-state index is -4.64. The maximum Gasteiger partial charge on any atom is 0.417 e. The number of rotatable bonds is 3. The van der Waals surface area contributed by atoms with E-state index in [1.165, 1.54) is 13.8 Å². The van der Waals surface area contributed by atoms with Crippen LogP contribution in [-0.4, -0.2) is 18.9 Å². The number of benzene rings is 1. The minimum absolute atomic E-state index is 0.0349. The van der Waals surface area contributed by atoms with Gasteiger partial charge in [0.05, 0.1) is 18.2 Å². The van der Waals surface area contributed by atoms with E-state index in [1.54, 1.807) is 0 Å². The minimum Gasteiger partial charge on any atom is -0.465 e. The van der Waals surface area contributed by atoms with Crippen LogP contribution in [0.2, 0.25) is 0 Å². The van der Waals surface area contributed by atoms with E-state index < -0.39 is 29.1 Å². The number of esters is 1. The molecule has 1 rings (SSSR count). The number of hydrogen-bond acceptors (Lipinski definition) is 3. The number of aryl methyl sites for hydroxylation is 1. The summed E-state index contributed by atoms with van der Waals surface area (Å²) in [7, 11) is 1.13. The fraction of sp³-hybridized carbons (Fsp3) is 0.385. The SMILES string of the molecule is CCC(=O)c1cc(C(=O)OC)c(C)cc1C(F)(F)F. The molecule has 0 fully saturated rings. The molecule has 0 aliphatic rings. The normalized spacial score (nSPS) is 11.3. The molecule has 1 aromatic carbocycles. The van der Waals surface area contributed by atoms with Crippen LogP contribution in [0.3, 0.4) is 0 Å². The summed E-state index contributed by atoms with van der Waals surface area (Å²) < 4.78 is 43.1. The fourth-order valence-corrected chi connectivity index (χ4v) is 1.69. The van der Waals surface area contributed by atoms with Gasteiger partial charge in [-0.05, 0) is 24.6 Å². The first-order valence-corrected chi connectivity index (χ1v) is 5.55. The van der Waals surface area contributed by atoms with Crippen molar-refractivity contribution in [3.05, 3.63) is 34.4 Å². The number of methoxy groups -OCH3 is 1. The summed E-state index contributed by atoms with van der Waals surface area (Å²) >= 11 is 0. The van der Waals surface area contributed by atoms with E-state index in [0.29, 0.717) is 0 Å². The standard InChI is InChI=1S/C13H13F3O3/c1-4-11(17)9-6-8(12(18)19-3)7(2)5-10(9)13(14,15)16/h5-6H,4H2,1-3H3. The summed E-state index contributed by atoms with van der Waals surface area (Å²) in [6.45, 7) is 2.82. The Labute approximate surface area is 108 Å². The second-order valence-electron chi connectivity index (χ2n) is 3.98. The predicted molar refractivity (Wildman–Crippen MR) is 62.1 cm³/mol. The fourth-order valence-electron chi connectivity index (χ4n) is 1.69. The van der Waals surface area contributed by atoms with Crippen molar-refractivity contribution in [1.82, 2.24) is 0 Å². The molecule has 0 spiro atoms. The highest BCUT2D eigenvalue weighted by Crippen LogP contribution is 2.34. The quantitative estimate of drug-likeness (QED) is 0.626. The highest BCUT2D eigenvalue weighted by Gasteiger charge is 2.36. The topological polar surface area (TPSA) is 43.4 Å². The average molecular weight is 274 g/mol. The molecule has 0 N–H and O–H groups in total. The number of alkyl halides is 3. The van der Waals surface area contributed by atoms with E-state index in [1.807, 2.05) is 0 Å². The first kappa shape index (κ1) is 15.2. The Hall–Kier alpha value is -1.85. The third-order valence-corrected chi connectivity index (χ3v) is 2.70. The Morgan fingerprint density at radius 1 is 1.21 bits per heavy atom. The first-order chi connectivity index (χ1) is 8.72. The van der Waals surface area contributed by atoms with Crippen molar-refractivity contribution in [1.29, 1.82) is 0 Å². The van der Waals surface area contributed by atoms with E-state index in [4.69, 9.17) is 0 Å². The molecule has 0 unspecified atom stereocenters. The van der Waals surface area contributed by atoms with Crippen molar-refractivity contribution in [2.24, 2.45) is 0 Å². The number of halogens is 3. The Bertz CT molecular complexity index is 519. The van der Waals surface area contributed by atoms with E-state index in [2.05, 4.69) is 4.74 Å². The molecule has 0 aliphatic carbocycles. The van der Waals surface area contributed by atoms with Crippen LogP contribution in [0.15, 0.2) is 12.1 Å². The highest BCUT2D eigenvalue weighted by molar-refractivity contribution is 6.01. The second-order valence-corrected chi connectivity index (χ2v) is 3.98. The summed E-state index contributed by atoms with van der Waals surface area (Å²) in [5, 5.41) is 0. The molecule has 0 saturated heterocycles. The summed E-state index contributed by atoms with van der Waals surface area (Å²) in [6.07, 6.45) is -4.72. The zero-order valence-corrected chi connectivity index (χ0v) is 10.7. The molecular formula is C13H13F3O3. The van der Waals surface area contributed by atoms with Crippen molar-refractivity contribution < 1.29 is 27.5 Å². The van der Waals surface area contributed by atoms with E-state index in [-0.39, 0.29) is 17.5 Å². The lowest BCUT2D eigenvalue weighted by atomic mass is 9.95. The summed E-state index contributed by atoms with van der Waals surface area (Å²) in [5.74, 6) is -1.44. The van der Waals surface area contributed by atoms with Crippen LogP contribution in [0.5, 0.6) is 0 Å². The Morgan fingerprint density at radius 3 is 2.21 bits per heavy atom. The molecule has 1 aromatic rings. The molecule has 0 aromatic heterocycles. The molecule has 19 heavy (non-hydrogen) atoms. The molecule has 0 bridgehead atoms. The largest absolute Gasteiger partial charge is 0.465 e. The second kappa shape index (κ2) is 5.42. The van der Waals surface area contributed by atoms with Crippen LogP contribution >= 0.6 is 0 Å². The van der Waals surface area contributed by atoms with Gasteiger partial charge in [-0.1, -0.05) is 6.92 Å². The van der Waals surface area contributed by atoms with Crippen molar-refractivity contribution in [3.8, 4) is 0 Å². The Balaban J connectivity index is 3.55. The number of carbonyl (C=O) groups is 2. The van der Waals surface area contributed by atoms with Crippen LogP contribution in [0.25, 0.3) is 0 Å². The Kier molecular flexibility index (Phi) is 4.34. The molecule has 0 saturated carbocycles. The van der Waals surface area contributed by atoms with E-state index in [0.717, 1.165) is 19.2 Å². The van der Waals surface area contributed by atoms with Crippen LogP contribution < -0.4 is 0 Å². The molecule has 104 valence electrons. The van der Waals surface area contributed by atoms with Crippen molar-refractivity contribution in [2.45, 2.75) is 26.4 Å². The molecule has 0 amide bonds. The lowest BCUT2D eigenvalue weighted by Gasteiger charge is -2.14. The van der Waals surface area contributed by atoms with Gasteiger partial charge in [-0.25, -0.2) is 4.79 Å². The number of ether oxygens (including phenoxy) is 1. The maximum atomic E-state index is 12.9. The number of carbonyl (C=O) groups excluding carboxylic acids is 2. The summed E-state index contributed by atoms with van der Waals surface area (Å²) in [6, 6.07) is 1.75. The molecule has 0 heterocycles. The number of hydrogen-bond donors (Lipinski definition) is 0. The van der Waals surface area contributed by atoms with Crippen LogP contribution in [0.4, 0.5) is 13.2 Å². The number of Topliss-reactive ketones (excluding diaryl/α,β-unsaturated/α-hetero) is 1. The monoisotopic (exact) mass is 274 g/mol. The third-order valence-electron chi connectivity index (χ3n) is 2.70. The van der Waals surface area contributed by atoms with Gasteiger partial charge in [0.15, 0.2) is 5.78 Å². The van der Waals surface area contributed by atoms with Gasteiger partial charge in [0.25, 0.3) is 0 Å². The van der Waals surface area contributed by atoms with Crippen LogP contribution in [-0.2, 0) is 10.9 Å². The van der Waals surface area contributed by atoms with Gasteiger partial charge in [-0.3, -0.25) is 4.79 Å². The van der Waals surface area contributed by atoms with E-state index >= 15 is 0 Å². The van der Waals surface area contributed by atoms with Gasteiger partial charge < -0.3 is 4.74 Å². The zero-order valence-electron chi connectivity index (χ0n) is 10.7. The van der Waals surface area contributed by atoms with Gasteiger partial charge in [0, 0.05) is 12.0 Å². The smallest absolute Gasteiger partial charge is 0.417 e. The van der Waals surface area contributed by atoms with Crippen LogP contribution in [0.1, 0.15) is 45.2 Å². The molecule has 0 atom stereocenters. The molecule has 6 heteroatoms. The zero-order chi connectivity index (χ0) is 14.8. The predicted octanol–water partition coefficient (Wildman–Crippen LogP) is 3.39. The molecular weight excluding hydrogens is 261 g/mol. The van der Waals surface area contributed by atoms with Gasteiger partial charge in [0.2, 0.25) is 0 Å². The molecule has 0 radical (unpaired) electrons. The lowest BCUT2D eigenvalue weighted by molar-refractivity contribution is -0.138. The van der Waals surface area contributed by atoms with Gasteiger partial charge >= 0.3 is 12.1 Å². The maximum absolute atomic E-state index is 12.9. The molecule has 3 nitrogen and oxygen atoms in total. The van der Waals surface area contributed by atoms with Gasteiger partial charge in [0.1, 0.15) is 0 Å². The van der Waals surface area contributed by atoms with Crippen LogP contribution in [0, 0.1) is 6.92 Å². The highest BCUT2D eigenvalue weighted by atomic mass is 19.4. The van der Waals surface area contributed by atoms with E-state index in [9.17, 15) is 22.8 Å². The summed E-state index contributed by atoms with van der Waals surface area (Å²) in [4.78, 5) is 23.0. The third kappa shape index (κ3) is 3.13. The van der Waals surface area contributed by atoms with Crippen molar-refractivity contribution in [2.75, 3.05) is 7.11 Å².